The molecule has 4 nitrogen and oxygen atoms in total. The van der Waals surface area contributed by atoms with Gasteiger partial charge in [0, 0.05) is 20.9 Å². The first-order valence-corrected chi connectivity index (χ1v) is 9.07. The van der Waals surface area contributed by atoms with Crippen molar-refractivity contribution in [3.05, 3.63) is 24.0 Å². The van der Waals surface area contributed by atoms with Crippen molar-refractivity contribution in [2.24, 2.45) is 0 Å². The first kappa shape index (κ1) is 13.0. The van der Waals surface area contributed by atoms with Gasteiger partial charge in [0.25, 0.3) is 0 Å². The minimum atomic E-state index is -1.07. The Hall–Kier alpha value is -1.07. The number of nitrogens with zero attached hydrogens (tertiary/aromatic N) is 1. The van der Waals surface area contributed by atoms with Gasteiger partial charge in [0.15, 0.2) is 0 Å². The van der Waals surface area contributed by atoms with Crippen molar-refractivity contribution in [1.82, 2.24) is 4.57 Å². The van der Waals surface area contributed by atoms with Crippen molar-refractivity contribution in [2.75, 3.05) is 6.61 Å². The molecule has 0 aliphatic carbocycles. The third-order valence-corrected chi connectivity index (χ3v) is 3.98. The highest BCUT2D eigenvalue weighted by atomic mass is 28.3. The molecule has 16 heavy (non-hydrogen) atoms. The molecule has 90 valence electrons. The minimum absolute atomic E-state index is 0.271. The molecule has 1 heterocycles. The summed E-state index contributed by atoms with van der Waals surface area (Å²) in [6.45, 7) is 7.88. The Labute approximate surface area is 96.9 Å². The topological polar surface area (TPSA) is 51.5 Å². The van der Waals surface area contributed by atoms with Gasteiger partial charge in [0.2, 0.25) is 0 Å². The molecule has 0 aliphatic heterocycles. The van der Waals surface area contributed by atoms with E-state index in [2.05, 4.69) is 19.6 Å². The van der Waals surface area contributed by atoms with Crippen LogP contribution in [0.15, 0.2) is 18.3 Å². The highest BCUT2D eigenvalue weighted by Crippen LogP contribution is 2.08. The fourth-order valence-electron chi connectivity index (χ4n) is 1.26. The monoisotopic (exact) mass is 241 g/mol. The maximum atomic E-state index is 10.8. The van der Waals surface area contributed by atoms with E-state index in [-0.39, 0.29) is 5.69 Å². The number of carbonyl (C=O) groups is 1. The van der Waals surface area contributed by atoms with Gasteiger partial charge in [0.1, 0.15) is 12.4 Å². The molecule has 0 aliphatic rings. The molecule has 0 atom stereocenters. The van der Waals surface area contributed by atoms with Crippen LogP contribution in [0.3, 0.4) is 0 Å². The zero-order valence-corrected chi connectivity index (χ0v) is 11.1. The van der Waals surface area contributed by atoms with Crippen LogP contribution in [0.5, 0.6) is 0 Å². The third-order valence-electron chi connectivity index (χ3n) is 2.28. The van der Waals surface area contributed by atoms with Gasteiger partial charge >= 0.3 is 5.97 Å². The van der Waals surface area contributed by atoms with Crippen molar-refractivity contribution >= 4 is 14.0 Å². The Morgan fingerprint density at radius 1 is 1.50 bits per heavy atom. The van der Waals surface area contributed by atoms with Crippen LogP contribution in [0.4, 0.5) is 0 Å². The first-order chi connectivity index (χ1) is 7.40. The Bertz CT molecular complexity index is 354. The quantitative estimate of drug-likeness (QED) is 0.615. The fraction of sp³-hybridized carbons (Fsp3) is 0.545. The van der Waals surface area contributed by atoms with E-state index in [1.54, 1.807) is 22.9 Å². The lowest BCUT2D eigenvalue weighted by molar-refractivity contribution is 0.0623. The van der Waals surface area contributed by atoms with E-state index in [1.165, 1.54) is 0 Å². The van der Waals surface area contributed by atoms with Crippen LogP contribution in [0.2, 0.25) is 25.7 Å². The minimum Gasteiger partial charge on any atom is -0.477 e. The zero-order chi connectivity index (χ0) is 12.2. The molecule has 0 radical (unpaired) electrons. The SMILES string of the molecule is C[Si](C)(C)CCOCn1cccc1C(=O)O. The lowest BCUT2D eigenvalue weighted by atomic mass is 10.4. The molecule has 1 rings (SSSR count). The van der Waals surface area contributed by atoms with E-state index in [4.69, 9.17) is 9.84 Å². The highest BCUT2D eigenvalue weighted by Gasteiger charge is 2.12. The molecule has 0 saturated heterocycles. The molecule has 0 saturated carbocycles. The summed E-state index contributed by atoms with van der Waals surface area (Å²) >= 11 is 0. The molecule has 0 amide bonds. The van der Waals surface area contributed by atoms with Gasteiger partial charge in [-0.25, -0.2) is 4.79 Å². The van der Waals surface area contributed by atoms with Crippen molar-refractivity contribution in [1.29, 1.82) is 0 Å². The van der Waals surface area contributed by atoms with Crippen LogP contribution in [0, 0.1) is 0 Å². The second-order valence-electron chi connectivity index (χ2n) is 5.02. The van der Waals surface area contributed by atoms with Crippen molar-refractivity contribution in [3.8, 4) is 0 Å². The lowest BCUT2D eigenvalue weighted by Crippen LogP contribution is -2.22. The summed E-state index contributed by atoms with van der Waals surface area (Å²) in [5, 5.41) is 8.87. The number of carboxylic acid groups (broad SMARTS) is 1. The van der Waals surface area contributed by atoms with Gasteiger partial charge in [0.05, 0.1) is 0 Å². The summed E-state index contributed by atoms with van der Waals surface area (Å²) in [5.74, 6) is -0.918. The van der Waals surface area contributed by atoms with E-state index in [1.807, 2.05) is 0 Å². The third kappa shape index (κ3) is 4.20. The van der Waals surface area contributed by atoms with Crippen LogP contribution in [-0.4, -0.2) is 30.3 Å². The lowest BCUT2D eigenvalue weighted by Gasteiger charge is -2.15. The summed E-state index contributed by atoms with van der Waals surface area (Å²) in [5.41, 5.74) is 0.271. The van der Waals surface area contributed by atoms with Crippen LogP contribution < -0.4 is 0 Å². The summed E-state index contributed by atoms with van der Waals surface area (Å²) < 4.78 is 7.08. The normalized spacial score (nSPS) is 11.7. The second kappa shape index (κ2) is 5.31. The Morgan fingerprint density at radius 3 is 2.75 bits per heavy atom. The van der Waals surface area contributed by atoms with Crippen LogP contribution in [0.1, 0.15) is 10.5 Å². The molecule has 1 N–H and O–H groups in total. The molecule has 5 heteroatoms. The highest BCUT2D eigenvalue weighted by molar-refractivity contribution is 6.76. The van der Waals surface area contributed by atoms with Gasteiger partial charge < -0.3 is 14.4 Å². The largest absolute Gasteiger partial charge is 0.477 e. The number of hydrogen-bond donors (Lipinski definition) is 1. The molecular formula is C11H19NO3Si. The van der Waals surface area contributed by atoms with E-state index in [0.29, 0.717) is 13.3 Å². The zero-order valence-electron chi connectivity index (χ0n) is 10.1. The number of aromatic carboxylic acids is 1. The average molecular weight is 241 g/mol. The smallest absolute Gasteiger partial charge is 0.352 e. The van der Waals surface area contributed by atoms with Crippen LogP contribution >= 0.6 is 0 Å². The Balaban J connectivity index is 2.38. The maximum absolute atomic E-state index is 10.8. The molecule has 0 unspecified atom stereocenters. The molecule has 0 spiro atoms. The van der Waals surface area contributed by atoms with Crippen molar-refractivity contribution < 1.29 is 14.6 Å². The van der Waals surface area contributed by atoms with E-state index in [0.717, 1.165) is 6.04 Å². The second-order valence-corrected chi connectivity index (χ2v) is 10.6. The summed E-state index contributed by atoms with van der Waals surface area (Å²) in [7, 11) is -1.07. The predicted molar refractivity (Wildman–Crippen MR) is 65.5 cm³/mol. The molecule has 0 aromatic carbocycles. The van der Waals surface area contributed by atoms with Gasteiger partial charge in [-0.2, -0.15) is 0 Å². The van der Waals surface area contributed by atoms with Crippen molar-refractivity contribution in [3.63, 3.8) is 0 Å². The molecule has 0 fully saturated rings. The van der Waals surface area contributed by atoms with E-state index >= 15 is 0 Å². The fourth-order valence-corrected chi connectivity index (χ4v) is 2.02. The van der Waals surface area contributed by atoms with Crippen LogP contribution in [-0.2, 0) is 11.5 Å². The van der Waals surface area contributed by atoms with Gasteiger partial charge in [-0.3, -0.25) is 0 Å². The molecule has 0 bridgehead atoms. The standard InChI is InChI=1S/C11H19NO3Si/c1-16(2,3)8-7-15-9-12-6-4-5-10(12)11(13)14/h4-6H,7-9H2,1-3H3,(H,13,14). The number of carboxylic acids is 1. The first-order valence-electron chi connectivity index (χ1n) is 5.36. The summed E-state index contributed by atoms with van der Waals surface area (Å²) in [6.07, 6.45) is 1.72. The van der Waals surface area contributed by atoms with Crippen LogP contribution in [0.25, 0.3) is 0 Å². The number of aromatic nitrogens is 1. The molecular weight excluding hydrogens is 222 g/mol. The van der Waals surface area contributed by atoms with Gasteiger partial charge in [-0.05, 0) is 18.2 Å². The Morgan fingerprint density at radius 2 is 2.19 bits per heavy atom. The summed E-state index contributed by atoms with van der Waals surface area (Å²) in [6, 6.07) is 4.38. The van der Waals surface area contributed by atoms with Gasteiger partial charge in [-0.1, -0.05) is 19.6 Å². The van der Waals surface area contributed by atoms with Crippen molar-refractivity contribution in [2.45, 2.75) is 32.4 Å². The van der Waals surface area contributed by atoms with E-state index in [9.17, 15) is 4.79 Å². The number of rotatable bonds is 6. The predicted octanol–water partition coefficient (Wildman–Crippen LogP) is 2.50. The number of hydrogen-bond acceptors (Lipinski definition) is 2. The average Bonchev–Trinajstić information content (AvgIpc) is 2.58. The number of ether oxygens (including phenoxy) is 1. The molecule has 1 aromatic rings. The van der Waals surface area contributed by atoms with Gasteiger partial charge in [-0.15, -0.1) is 0 Å². The molecule has 1 aromatic heterocycles. The summed E-state index contributed by atoms with van der Waals surface area (Å²) in [4.78, 5) is 10.8. The Kier molecular flexibility index (Phi) is 4.32. The van der Waals surface area contributed by atoms with E-state index < -0.39 is 14.0 Å². The maximum Gasteiger partial charge on any atom is 0.352 e.